The molecule has 214 valence electrons. The molecule has 10 rings (SSSR count). The summed E-state index contributed by atoms with van der Waals surface area (Å²) in [5.74, 6) is 0.646. The smallest absolute Gasteiger partial charge is 0.235 e. The van der Waals surface area contributed by atoms with Gasteiger partial charge in [0.05, 0.1) is 38.8 Å². The third-order valence-corrected chi connectivity index (χ3v) is 9.32. The van der Waals surface area contributed by atoms with Gasteiger partial charge in [0.25, 0.3) is 0 Å². The average molecular weight is 587 g/mol. The molecule has 0 unspecified atom stereocenters. The van der Waals surface area contributed by atoms with Crippen LogP contribution >= 0.6 is 0 Å². The Bertz CT molecular complexity index is 2770. The molecule has 4 heteroatoms. The van der Waals surface area contributed by atoms with E-state index in [9.17, 15) is 0 Å². The topological polar surface area (TPSA) is 35.1 Å². The Morgan fingerprint density at radius 1 is 0.391 bits per heavy atom. The van der Waals surface area contributed by atoms with E-state index in [1.54, 1.807) is 0 Å². The molecule has 4 nitrogen and oxygen atoms in total. The maximum absolute atomic E-state index is 5.40. The highest BCUT2D eigenvalue weighted by Gasteiger charge is 2.20. The number of rotatable bonds is 3. The molecule has 3 heterocycles. The molecule has 0 aliphatic carbocycles. The molecule has 0 N–H and O–H groups in total. The first kappa shape index (κ1) is 25.1. The van der Waals surface area contributed by atoms with Crippen molar-refractivity contribution in [1.29, 1.82) is 0 Å². The minimum Gasteiger partial charge on any atom is -0.306 e. The molecule has 3 aromatic heterocycles. The fourth-order valence-corrected chi connectivity index (χ4v) is 7.27. The van der Waals surface area contributed by atoms with E-state index in [1.807, 2.05) is 6.07 Å². The fraction of sp³-hybridized carbons (Fsp3) is 0. The van der Waals surface area contributed by atoms with Gasteiger partial charge in [0, 0.05) is 27.1 Å². The van der Waals surface area contributed by atoms with Gasteiger partial charge in [0.1, 0.15) is 0 Å². The third kappa shape index (κ3) is 3.55. The number of aromatic nitrogens is 4. The Kier molecular flexibility index (Phi) is 5.25. The van der Waals surface area contributed by atoms with Crippen molar-refractivity contribution in [3.05, 3.63) is 158 Å². The monoisotopic (exact) mass is 586 g/mol. The van der Waals surface area contributed by atoms with Gasteiger partial charge in [-0.1, -0.05) is 127 Å². The lowest BCUT2D eigenvalue weighted by Gasteiger charge is -2.14. The maximum atomic E-state index is 5.40. The van der Waals surface area contributed by atoms with Crippen LogP contribution in [0.2, 0.25) is 0 Å². The zero-order chi connectivity index (χ0) is 30.2. The third-order valence-electron chi connectivity index (χ3n) is 9.32. The maximum Gasteiger partial charge on any atom is 0.235 e. The quantitative estimate of drug-likeness (QED) is 0.206. The van der Waals surface area contributed by atoms with Crippen molar-refractivity contribution in [3.63, 3.8) is 0 Å². The van der Waals surface area contributed by atoms with Crippen molar-refractivity contribution in [1.82, 2.24) is 18.9 Å². The predicted octanol–water partition coefficient (Wildman–Crippen LogP) is 10.6. The average Bonchev–Trinajstić information content (AvgIpc) is 3.40. The van der Waals surface area contributed by atoms with Crippen LogP contribution in [0.4, 0.5) is 0 Å². The summed E-state index contributed by atoms with van der Waals surface area (Å²) < 4.78 is 4.68. The largest absolute Gasteiger partial charge is 0.306 e. The van der Waals surface area contributed by atoms with Gasteiger partial charge in [0.15, 0.2) is 0 Å². The number of para-hydroxylation sites is 4. The second kappa shape index (κ2) is 9.62. The van der Waals surface area contributed by atoms with Gasteiger partial charge < -0.3 is 4.40 Å². The molecule has 0 bridgehead atoms. The summed E-state index contributed by atoms with van der Waals surface area (Å²) >= 11 is 0. The molecule has 0 radical (unpaired) electrons. The van der Waals surface area contributed by atoms with Gasteiger partial charge in [0.2, 0.25) is 5.95 Å². The standard InChI is InChI=1S/C42H26N4/c1-2-11-27(12-3-1)28-21-23-30(24-22-28)40-33-15-4-6-16-34(33)43-42(44-40)46-37-19-9-8-18-36(37)45-35-17-7-5-14-31(35)32-26-25-29-13-10-20-38(46)39(29)41(32)45/h1-26H. The molecule has 0 amide bonds. The highest BCUT2D eigenvalue weighted by molar-refractivity contribution is 6.23. The van der Waals surface area contributed by atoms with E-state index in [-0.39, 0.29) is 0 Å². The molecule has 0 saturated carbocycles. The number of nitrogens with zero attached hydrogens (tertiary/aromatic N) is 4. The molecule has 7 aromatic carbocycles. The number of benzene rings is 7. The van der Waals surface area contributed by atoms with Crippen LogP contribution < -0.4 is 0 Å². The van der Waals surface area contributed by atoms with Crippen LogP contribution in [0.1, 0.15) is 0 Å². The normalized spacial score (nSPS) is 11.9. The lowest BCUT2D eigenvalue weighted by Crippen LogP contribution is -2.05. The Morgan fingerprint density at radius 3 is 1.89 bits per heavy atom. The number of hydrogen-bond acceptors (Lipinski definition) is 2. The summed E-state index contributed by atoms with van der Waals surface area (Å²) in [6, 6.07) is 55.9. The van der Waals surface area contributed by atoms with Crippen molar-refractivity contribution < 1.29 is 0 Å². The van der Waals surface area contributed by atoms with E-state index in [4.69, 9.17) is 9.97 Å². The van der Waals surface area contributed by atoms with Crippen molar-refractivity contribution in [2.45, 2.75) is 0 Å². The Labute approximate surface area is 264 Å². The van der Waals surface area contributed by atoms with Crippen molar-refractivity contribution in [3.8, 4) is 28.3 Å². The lowest BCUT2D eigenvalue weighted by atomic mass is 10.0. The van der Waals surface area contributed by atoms with Crippen molar-refractivity contribution in [2.24, 2.45) is 0 Å². The van der Waals surface area contributed by atoms with Gasteiger partial charge in [-0.15, -0.1) is 0 Å². The molecular formula is C42H26N4. The molecule has 0 saturated heterocycles. The van der Waals surface area contributed by atoms with Gasteiger partial charge >= 0.3 is 0 Å². The predicted molar refractivity (Wildman–Crippen MR) is 191 cm³/mol. The Balaban J connectivity index is 1.34. The zero-order valence-corrected chi connectivity index (χ0v) is 24.8. The van der Waals surface area contributed by atoms with Crippen LogP contribution in [0.25, 0.3) is 88.4 Å². The van der Waals surface area contributed by atoms with Crippen LogP contribution in [-0.2, 0) is 0 Å². The van der Waals surface area contributed by atoms with E-state index >= 15 is 0 Å². The van der Waals surface area contributed by atoms with E-state index in [1.165, 1.54) is 43.7 Å². The van der Waals surface area contributed by atoms with Crippen molar-refractivity contribution in [2.75, 3.05) is 0 Å². The Hall–Kier alpha value is -6.26. The van der Waals surface area contributed by atoms with Crippen molar-refractivity contribution >= 4 is 60.0 Å². The van der Waals surface area contributed by atoms with E-state index < -0.39 is 0 Å². The molecule has 0 atom stereocenters. The highest BCUT2D eigenvalue weighted by Crippen LogP contribution is 2.40. The molecule has 0 fully saturated rings. The molecule has 0 aliphatic heterocycles. The van der Waals surface area contributed by atoms with E-state index in [0.717, 1.165) is 38.7 Å². The molecule has 0 aliphatic rings. The highest BCUT2D eigenvalue weighted by atomic mass is 15.2. The number of hydrogen-bond donors (Lipinski definition) is 0. The van der Waals surface area contributed by atoms with Crippen LogP contribution in [0.3, 0.4) is 0 Å². The Morgan fingerprint density at radius 2 is 1.04 bits per heavy atom. The van der Waals surface area contributed by atoms with Crippen LogP contribution in [-0.4, -0.2) is 18.9 Å². The summed E-state index contributed by atoms with van der Waals surface area (Å²) in [5, 5.41) is 5.90. The first-order valence-corrected chi connectivity index (χ1v) is 15.6. The molecule has 10 aromatic rings. The van der Waals surface area contributed by atoms with Gasteiger partial charge in [-0.3, -0.25) is 4.57 Å². The summed E-state index contributed by atoms with van der Waals surface area (Å²) in [4.78, 5) is 10.7. The summed E-state index contributed by atoms with van der Waals surface area (Å²) in [6.45, 7) is 0. The van der Waals surface area contributed by atoms with Crippen LogP contribution in [0, 0.1) is 0 Å². The first-order chi connectivity index (χ1) is 22.8. The van der Waals surface area contributed by atoms with Gasteiger partial charge in [-0.2, -0.15) is 0 Å². The molecular weight excluding hydrogens is 560 g/mol. The summed E-state index contributed by atoms with van der Waals surface area (Å²) in [7, 11) is 0. The van der Waals surface area contributed by atoms with E-state index in [0.29, 0.717) is 5.95 Å². The fourth-order valence-electron chi connectivity index (χ4n) is 7.27. The lowest BCUT2D eigenvalue weighted by molar-refractivity contribution is 1.01. The second-order valence-electron chi connectivity index (χ2n) is 11.8. The zero-order valence-electron chi connectivity index (χ0n) is 24.8. The summed E-state index contributed by atoms with van der Waals surface area (Å²) in [5.41, 5.74) is 10.9. The second-order valence-corrected chi connectivity index (χ2v) is 11.8. The molecule has 0 spiro atoms. The minimum absolute atomic E-state index is 0.646. The van der Waals surface area contributed by atoms with Crippen LogP contribution in [0.5, 0.6) is 0 Å². The van der Waals surface area contributed by atoms with Gasteiger partial charge in [-0.05, 0) is 46.8 Å². The van der Waals surface area contributed by atoms with E-state index in [2.05, 4.69) is 161 Å². The SMILES string of the molecule is c1ccc(-c2ccc(-c3nc(-n4c5cccc6ccc7c8ccccc8n(c8ccccc84)c7c65)nc4ccccc34)cc2)cc1. The molecule has 46 heavy (non-hydrogen) atoms. The van der Waals surface area contributed by atoms with Gasteiger partial charge in [-0.25, -0.2) is 9.97 Å². The van der Waals surface area contributed by atoms with Crippen LogP contribution in [0.15, 0.2) is 158 Å². The summed E-state index contributed by atoms with van der Waals surface area (Å²) in [6.07, 6.45) is 0. The minimum atomic E-state index is 0.646. The first-order valence-electron chi connectivity index (χ1n) is 15.6. The number of fused-ring (bicyclic) bond motifs is 6.